The van der Waals surface area contributed by atoms with E-state index in [1.807, 2.05) is 12.4 Å². The highest BCUT2D eigenvalue weighted by molar-refractivity contribution is 5.44. The third kappa shape index (κ3) is 2.93. The molecule has 0 spiro atoms. The zero-order valence-corrected chi connectivity index (χ0v) is 9.51. The first-order valence-electron chi connectivity index (χ1n) is 5.87. The number of pyridine rings is 1. The smallest absolute Gasteiger partial charge is 0.0609 e. The molecular formula is C12H19N3O. The number of hydrogen-bond acceptors (Lipinski definition) is 4. The van der Waals surface area contributed by atoms with E-state index in [4.69, 9.17) is 10.5 Å². The maximum absolute atomic E-state index is 5.65. The van der Waals surface area contributed by atoms with Crippen LogP contribution in [0.3, 0.4) is 0 Å². The first-order chi connectivity index (χ1) is 7.90. The Hall–Kier alpha value is -1.13. The molecule has 0 bridgehead atoms. The maximum atomic E-state index is 5.65. The van der Waals surface area contributed by atoms with Gasteiger partial charge in [-0.25, -0.2) is 0 Å². The average Bonchev–Trinajstić information content (AvgIpc) is 2.38. The molecule has 0 atom stereocenters. The van der Waals surface area contributed by atoms with Gasteiger partial charge in [0.1, 0.15) is 0 Å². The normalized spacial score (nSPS) is 17.7. The minimum atomic E-state index is 0.390. The molecule has 4 nitrogen and oxygen atoms in total. The van der Waals surface area contributed by atoms with Crippen molar-refractivity contribution < 1.29 is 4.74 Å². The van der Waals surface area contributed by atoms with Crippen LogP contribution in [0, 0.1) is 0 Å². The number of piperidine rings is 1. The van der Waals surface area contributed by atoms with Crippen molar-refractivity contribution in [3.63, 3.8) is 0 Å². The Morgan fingerprint density at radius 1 is 1.31 bits per heavy atom. The topological polar surface area (TPSA) is 51.4 Å². The van der Waals surface area contributed by atoms with Crippen molar-refractivity contribution in [3.8, 4) is 0 Å². The molecular weight excluding hydrogens is 202 g/mol. The van der Waals surface area contributed by atoms with E-state index in [0.29, 0.717) is 19.3 Å². The molecule has 0 amide bonds. The third-order valence-electron chi connectivity index (χ3n) is 2.94. The minimum Gasteiger partial charge on any atom is -0.377 e. The SMILES string of the molecule is NCCOC1CCN(c2ccncc2)CC1. The molecule has 2 rings (SSSR count). The molecule has 4 heteroatoms. The van der Waals surface area contributed by atoms with E-state index < -0.39 is 0 Å². The average molecular weight is 221 g/mol. The van der Waals surface area contributed by atoms with E-state index in [2.05, 4.69) is 22.0 Å². The molecule has 1 aliphatic heterocycles. The Bertz CT molecular complexity index is 296. The summed E-state index contributed by atoms with van der Waals surface area (Å²) < 4.78 is 5.65. The van der Waals surface area contributed by atoms with Crippen molar-refractivity contribution in [1.82, 2.24) is 4.98 Å². The highest BCUT2D eigenvalue weighted by atomic mass is 16.5. The molecule has 2 N–H and O–H groups in total. The first kappa shape index (κ1) is 11.4. The number of nitrogens with zero attached hydrogens (tertiary/aromatic N) is 2. The van der Waals surface area contributed by atoms with Crippen molar-refractivity contribution in [1.29, 1.82) is 0 Å². The predicted molar refractivity (Wildman–Crippen MR) is 64.5 cm³/mol. The second kappa shape index (κ2) is 5.82. The number of aromatic nitrogens is 1. The fourth-order valence-corrected chi connectivity index (χ4v) is 2.07. The standard InChI is InChI=1S/C12H19N3O/c13-5-10-16-12-3-8-15(9-4-12)11-1-6-14-7-2-11/h1-2,6-7,12H,3-5,8-10,13H2. The van der Waals surface area contributed by atoms with Crippen LogP contribution in [0.4, 0.5) is 5.69 Å². The first-order valence-corrected chi connectivity index (χ1v) is 5.87. The fourth-order valence-electron chi connectivity index (χ4n) is 2.07. The minimum absolute atomic E-state index is 0.390. The van der Waals surface area contributed by atoms with E-state index in [1.165, 1.54) is 5.69 Å². The second-order valence-corrected chi connectivity index (χ2v) is 4.05. The molecule has 2 heterocycles. The van der Waals surface area contributed by atoms with Crippen LogP contribution in [0.2, 0.25) is 0 Å². The van der Waals surface area contributed by atoms with Crippen molar-refractivity contribution in [2.24, 2.45) is 5.73 Å². The Morgan fingerprint density at radius 3 is 2.62 bits per heavy atom. The van der Waals surface area contributed by atoms with Gasteiger partial charge in [-0.3, -0.25) is 4.98 Å². The van der Waals surface area contributed by atoms with Crippen LogP contribution in [0.1, 0.15) is 12.8 Å². The number of anilines is 1. The van der Waals surface area contributed by atoms with Gasteiger partial charge in [-0.05, 0) is 25.0 Å². The summed E-state index contributed by atoms with van der Waals surface area (Å²) in [5.41, 5.74) is 6.68. The predicted octanol–water partition coefficient (Wildman–Crippen LogP) is 1.03. The highest BCUT2D eigenvalue weighted by Gasteiger charge is 2.19. The molecule has 1 aromatic rings. The molecule has 0 unspecified atom stereocenters. The summed E-state index contributed by atoms with van der Waals surface area (Å²) in [5, 5.41) is 0. The van der Waals surface area contributed by atoms with E-state index in [-0.39, 0.29) is 0 Å². The quantitative estimate of drug-likeness (QED) is 0.825. The summed E-state index contributed by atoms with van der Waals surface area (Å²) in [6.07, 6.45) is 6.24. The van der Waals surface area contributed by atoms with Gasteiger partial charge in [-0.2, -0.15) is 0 Å². The van der Waals surface area contributed by atoms with Gasteiger partial charge in [0.15, 0.2) is 0 Å². The Kier molecular flexibility index (Phi) is 4.13. The fraction of sp³-hybridized carbons (Fsp3) is 0.583. The highest BCUT2D eigenvalue weighted by Crippen LogP contribution is 2.20. The molecule has 0 aromatic carbocycles. The zero-order chi connectivity index (χ0) is 11.2. The summed E-state index contributed by atoms with van der Waals surface area (Å²) in [5.74, 6) is 0. The van der Waals surface area contributed by atoms with E-state index in [9.17, 15) is 0 Å². The van der Waals surface area contributed by atoms with E-state index in [0.717, 1.165) is 25.9 Å². The second-order valence-electron chi connectivity index (χ2n) is 4.05. The van der Waals surface area contributed by atoms with Crippen LogP contribution in [0.5, 0.6) is 0 Å². The van der Waals surface area contributed by atoms with Crippen LogP contribution < -0.4 is 10.6 Å². The Morgan fingerprint density at radius 2 is 2.00 bits per heavy atom. The van der Waals surface area contributed by atoms with Crippen LogP contribution in [-0.2, 0) is 4.74 Å². The lowest BCUT2D eigenvalue weighted by Crippen LogP contribution is -2.37. The molecule has 1 fully saturated rings. The molecule has 0 radical (unpaired) electrons. The van der Waals surface area contributed by atoms with Gasteiger partial charge in [0, 0.05) is 37.7 Å². The molecule has 1 saturated heterocycles. The van der Waals surface area contributed by atoms with E-state index >= 15 is 0 Å². The van der Waals surface area contributed by atoms with Gasteiger partial charge in [-0.15, -0.1) is 0 Å². The van der Waals surface area contributed by atoms with Crippen molar-refractivity contribution in [3.05, 3.63) is 24.5 Å². The summed E-state index contributed by atoms with van der Waals surface area (Å²) in [6.45, 7) is 3.41. The van der Waals surface area contributed by atoms with Gasteiger partial charge in [0.25, 0.3) is 0 Å². The molecule has 16 heavy (non-hydrogen) atoms. The molecule has 88 valence electrons. The lowest BCUT2D eigenvalue weighted by Gasteiger charge is -2.33. The Labute approximate surface area is 96.4 Å². The number of ether oxygens (including phenoxy) is 1. The van der Waals surface area contributed by atoms with Gasteiger partial charge in [0.05, 0.1) is 12.7 Å². The van der Waals surface area contributed by atoms with Crippen molar-refractivity contribution >= 4 is 5.69 Å². The number of rotatable bonds is 4. The van der Waals surface area contributed by atoms with Crippen LogP contribution >= 0.6 is 0 Å². The lowest BCUT2D eigenvalue weighted by atomic mass is 10.1. The van der Waals surface area contributed by atoms with Crippen molar-refractivity contribution in [2.75, 3.05) is 31.1 Å². The molecule has 1 aromatic heterocycles. The van der Waals surface area contributed by atoms with Crippen LogP contribution in [0.15, 0.2) is 24.5 Å². The summed E-state index contributed by atoms with van der Waals surface area (Å²) in [6, 6.07) is 4.11. The van der Waals surface area contributed by atoms with Crippen LogP contribution in [-0.4, -0.2) is 37.3 Å². The molecule has 0 aliphatic carbocycles. The molecule has 0 saturated carbocycles. The summed E-state index contributed by atoms with van der Waals surface area (Å²) in [7, 11) is 0. The maximum Gasteiger partial charge on any atom is 0.0609 e. The van der Waals surface area contributed by atoms with Gasteiger partial charge in [-0.1, -0.05) is 0 Å². The monoisotopic (exact) mass is 221 g/mol. The Balaban J connectivity index is 1.81. The summed E-state index contributed by atoms with van der Waals surface area (Å²) >= 11 is 0. The largest absolute Gasteiger partial charge is 0.377 e. The lowest BCUT2D eigenvalue weighted by molar-refractivity contribution is 0.0422. The van der Waals surface area contributed by atoms with Crippen molar-refractivity contribution in [2.45, 2.75) is 18.9 Å². The molecule has 1 aliphatic rings. The number of hydrogen-bond donors (Lipinski definition) is 1. The van der Waals surface area contributed by atoms with Gasteiger partial charge >= 0.3 is 0 Å². The number of nitrogens with two attached hydrogens (primary N) is 1. The van der Waals surface area contributed by atoms with Gasteiger partial charge < -0.3 is 15.4 Å². The van der Waals surface area contributed by atoms with Crippen LogP contribution in [0.25, 0.3) is 0 Å². The third-order valence-corrected chi connectivity index (χ3v) is 2.94. The summed E-state index contributed by atoms with van der Waals surface area (Å²) in [4.78, 5) is 6.41. The van der Waals surface area contributed by atoms with Gasteiger partial charge in [0.2, 0.25) is 0 Å². The van der Waals surface area contributed by atoms with E-state index in [1.54, 1.807) is 0 Å². The zero-order valence-electron chi connectivity index (χ0n) is 9.51.